The van der Waals surface area contributed by atoms with Gasteiger partial charge in [-0.2, -0.15) is 0 Å². The van der Waals surface area contributed by atoms with Crippen LogP contribution in [-0.4, -0.2) is 131 Å². The second-order valence-electron chi connectivity index (χ2n) is 19.0. The number of methoxy groups -OCH3 is 1. The number of benzene rings is 2. The van der Waals surface area contributed by atoms with E-state index in [0.29, 0.717) is 16.5 Å². The number of H-pyrrole nitrogens is 1. The fourth-order valence-corrected chi connectivity index (χ4v) is 13.4. The van der Waals surface area contributed by atoms with Crippen molar-refractivity contribution < 1.29 is 72.6 Å². The highest BCUT2D eigenvalue weighted by Crippen LogP contribution is 2.44. The third-order valence-corrected chi connectivity index (χ3v) is 18.0. The van der Waals surface area contributed by atoms with E-state index in [1.165, 1.54) is 54.6 Å². The molecular weight excluding hydrogens is 1200 g/mol. The van der Waals surface area contributed by atoms with E-state index in [2.05, 4.69) is 58.1 Å². The van der Waals surface area contributed by atoms with E-state index in [1.807, 2.05) is 0 Å². The van der Waals surface area contributed by atoms with Gasteiger partial charge < -0.3 is 71.6 Å². The molecule has 11 rings (SSSR count). The second kappa shape index (κ2) is 23.5. The molecule has 0 aliphatic carbocycles. The molecule has 6 atom stereocenters. The number of hydrogen-bond acceptors (Lipinski definition) is 25. The van der Waals surface area contributed by atoms with Gasteiger partial charge in [0.25, 0.3) is 29.5 Å². The quantitative estimate of drug-likeness (QED) is 0.0640. The minimum Gasteiger partial charge on any atom is -0.507 e. The van der Waals surface area contributed by atoms with Crippen LogP contribution >= 0.6 is 56.7 Å². The minimum atomic E-state index is -2.13. The number of thiazole rings is 5. The summed E-state index contributed by atoms with van der Waals surface area (Å²) in [5.74, 6) is -7.72. The van der Waals surface area contributed by atoms with Gasteiger partial charge in [0.05, 0.1) is 36.8 Å². The Balaban J connectivity index is 1.08. The van der Waals surface area contributed by atoms with E-state index >= 15 is 0 Å². The summed E-state index contributed by atoms with van der Waals surface area (Å²) in [6.07, 6.45) is -5.39. The number of aliphatic hydroxyl groups is 2. The van der Waals surface area contributed by atoms with Crippen molar-refractivity contribution in [3.05, 3.63) is 130 Å². The first-order valence-electron chi connectivity index (χ1n) is 25.1. The average Bonchev–Trinajstić information content (AvgIpc) is 3.41. The van der Waals surface area contributed by atoms with Crippen LogP contribution in [0, 0.1) is 0 Å². The van der Waals surface area contributed by atoms with Crippen molar-refractivity contribution >= 4 is 121 Å². The number of carbonyl (C=O) groups is 8. The molecule has 6 amide bonds. The number of fused-ring (bicyclic) bond motifs is 15. The molecule has 12 bridgehead atoms. The van der Waals surface area contributed by atoms with Gasteiger partial charge in [0, 0.05) is 54.5 Å². The Kier molecular flexibility index (Phi) is 15.9. The van der Waals surface area contributed by atoms with Gasteiger partial charge in [-0.05, 0) is 37.6 Å². The van der Waals surface area contributed by atoms with Crippen molar-refractivity contribution in [1.82, 2.24) is 56.5 Å². The molecule has 27 nitrogen and oxygen atoms in total. The number of aromatic hydroxyl groups is 1. The number of hydrogen-bond donors (Lipinski definition) is 10. The maximum atomic E-state index is 14.6. The molecule has 85 heavy (non-hydrogen) atoms. The molecule has 0 spiro atoms. The summed E-state index contributed by atoms with van der Waals surface area (Å²) in [5.41, 5.74) is 5.70. The van der Waals surface area contributed by atoms with Crippen LogP contribution in [-0.2, 0) is 46.5 Å². The topological polar surface area (TPSA) is 401 Å². The van der Waals surface area contributed by atoms with Gasteiger partial charge in [0.15, 0.2) is 6.10 Å². The largest absolute Gasteiger partial charge is 0.507 e. The molecule has 436 valence electrons. The minimum absolute atomic E-state index is 0.0150. The predicted octanol–water partition coefficient (Wildman–Crippen LogP) is 3.95. The first-order valence-corrected chi connectivity index (χ1v) is 29.5. The number of esters is 2. The summed E-state index contributed by atoms with van der Waals surface area (Å²) in [5, 5.41) is 55.6. The van der Waals surface area contributed by atoms with Crippen molar-refractivity contribution in [2.24, 2.45) is 5.73 Å². The Hall–Kier alpha value is -9.15. The van der Waals surface area contributed by atoms with Crippen molar-refractivity contribution in [2.45, 2.75) is 63.5 Å². The number of allylic oxidation sites excluding steroid dienone is 1. The molecule has 8 aromatic rings. The van der Waals surface area contributed by atoms with E-state index in [4.69, 9.17) is 29.7 Å². The van der Waals surface area contributed by atoms with Gasteiger partial charge in [-0.15, -0.1) is 56.7 Å². The lowest BCUT2D eigenvalue weighted by Crippen LogP contribution is -2.52. The highest BCUT2D eigenvalue weighted by atomic mass is 32.1. The van der Waals surface area contributed by atoms with Gasteiger partial charge in [-0.25, -0.2) is 34.5 Å². The van der Waals surface area contributed by atoms with Crippen LogP contribution in [0.1, 0.15) is 105 Å². The van der Waals surface area contributed by atoms with Gasteiger partial charge in [0.2, 0.25) is 5.91 Å². The zero-order valence-corrected chi connectivity index (χ0v) is 48.2. The average molecular weight is 1250 g/mol. The van der Waals surface area contributed by atoms with Crippen LogP contribution in [0.2, 0.25) is 0 Å². The first kappa shape index (κ1) is 57.7. The molecule has 6 aromatic heterocycles. The van der Waals surface area contributed by atoms with Crippen molar-refractivity contribution in [1.29, 1.82) is 0 Å². The standard InChI is InChI=1S/C53H44N12O15S5/c1-18(41(54)69)55-42(70)29-14-82-48(60-29)24-8-22-23(9-33(24)67)47-59-31(15-81-47)44(72)63-35(19(2)66)46(74)64-36(20(3)77-4)50-61-32(17-84-50)45(73)65-38-40-39(68)53(76)79-10-21-6-5-7-26-34(21)25(11-78-40)37(56-26)52(75)80-12-27(49-58-28(22)13-83-49)57-43(71)30-16-85-51(38)62-30/h5-9,13-17,19,27,35,38-40,56,66-68H,1,10-12H2,2-4H3,(H2,54,69)(H,55,70)(H,57,71)(H,63,72)(H,64,74)(H,65,73)/b36-20+. The van der Waals surface area contributed by atoms with Gasteiger partial charge in [0.1, 0.15) is 108 Å². The summed E-state index contributed by atoms with van der Waals surface area (Å²) >= 11 is 4.71. The molecule has 0 fully saturated rings. The number of primary amides is 1. The van der Waals surface area contributed by atoms with Crippen molar-refractivity contribution in [3.8, 4) is 38.1 Å². The Labute approximate surface area is 498 Å². The van der Waals surface area contributed by atoms with Crippen molar-refractivity contribution in [2.75, 3.05) is 13.7 Å². The molecule has 0 saturated carbocycles. The van der Waals surface area contributed by atoms with Crippen LogP contribution in [0.3, 0.4) is 0 Å². The van der Waals surface area contributed by atoms with E-state index in [9.17, 15) is 53.7 Å². The van der Waals surface area contributed by atoms with Crippen LogP contribution < -0.4 is 32.3 Å². The number of nitrogens with one attached hydrogen (secondary N) is 6. The normalized spacial score (nSPS) is 20.3. The predicted molar refractivity (Wildman–Crippen MR) is 306 cm³/mol. The lowest BCUT2D eigenvalue weighted by atomic mass is 10.0. The van der Waals surface area contributed by atoms with Crippen LogP contribution in [0.25, 0.3) is 49.0 Å². The first-order chi connectivity index (χ1) is 40.7. The third-order valence-electron chi connectivity index (χ3n) is 13.5. The van der Waals surface area contributed by atoms with E-state index in [0.717, 1.165) is 56.7 Å². The van der Waals surface area contributed by atoms with Crippen molar-refractivity contribution in [3.63, 3.8) is 0 Å². The molecule has 0 radical (unpaired) electrons. The fraction of sp³-hybridized carbons (Fsp3) is 0.226. The number of aromatic amines is 1. The zero-order chi connectivity index (χ0) is 60.1. The monoisotopic (exact) mass is 1250 g/mol. The Bertz CT molecular complexity index is 4140. The second-order valence-corrected chi connectivity index (χ2v) is 23.4. The number of ether oxygens (including phenoxy) is 4. The number of carbonyl (C=O) groups excluding carboxylic acids is 8. The summed E-state index contributed by atoms with van der Waals surface area (Å²) in [7, 11) is 1.31. The van der Waals surface area contributed by atoms with E-state index in [1.54, 1.807) is 23.6 Å². The van der Waals surface area contributed by atoms with E-state index < -0.39 is 97.0 Å². The zero-order valence-electron chi connectivity index (χ0n) is 44.2. The number of nitrogens with two attached hydrogens (primary N) is 1. The highest BCUT2D eigenvalue weighted by molar-refractivity contribution is 7.14. The summed E-state index contributed by atoms with van der Waals surface area (Å²) in [6.45, 7) is 4.82. The fourth-order valence-electron chi connectivity index (χ4n) is 9.12. The van der Waals surface area contributed by atoms with Gasteiger partial charge in [-0.3, -0.25) is 28.8 Å². The molecule has 3 aliphatic heterocycles. The number of aromatic nitrogens is 6. The van der Waals surface area contributed by atoms with E-state index in [-0.39, 0.29) is 111 Å². The van der Waals surface area contributed by atoms with Crippen LogP contribution in [0.15, 0.2) is 75.3 Å². The maximum Gasteiger partial charge on any atom is 0.355 e. The molecule has 32 heteroatoms. The number of cyclic esters (lactones) is 2. The lowest BCUT2D eigenvalue weighted by Gasteiger charge is -2.30. The smallest absolute Gasteiger partial charge is 0.355 e. The van der Waals surface area contributed by atoms with Gasteiger partial charge in [-0.1, -0.05) is 18.7 Å². The summed E-state index contributed by atoms with van der Waals surface area (Å²) < 4.78 is 23.6. The number of nitrogens with zero attached hydrogens (tertiary/aromatic N) is 5. The Morgan fingerprint density at radius 3 is 2.21 bits per heavy atom. The number of rotatable bonds is 6. The number of phenolic OH excluding ortho intramolecular Hbond substituents is 1. The molecular formula is C53H44N12O15S5. The molecule has 0 saturated heterocycles. The van der Waals surface area contributed by atoms with Gasteiger partial charge >= 0.3 is 11.9 Å². The molecule has 11 N–H and O–H groups in total. The number of phenols is 1. The van der Waals surface area contributed by atoms with Crippen LogP contribution in [0.4, 0.5) is 0 Å². The number of aliphatic hydroxyl groups excluding tert-OH is 2. The highest BCUT2D eigenvalue weighted by Gasteiger charge is 2.42. The Morgan fingerprint density at radius 2 is 1.46 bits per heavy atom. The maximum absolute atomic E-state index is 14.6. The lowest BCUT2D eigenvalue weighted by molar-refractivity contribution is -0.166. The third kappa shape index (κ3) is 11.4. The summed E-state index contributed by atoms with van der Waals surface area (Å²) in [6, 6.07) is 3.40. The molecule has 9 heterocycles. The molecule has 3 aliphatic rings. The SMILES string of the molecule is C=C(NC(=O)c1csc(-c2cc3c(cc2O)-c2nc(cs2)C(=O)NC(C(C)O)C(=O)N/C(=C(\C)OC)c2nc(cs2)C(=O)NC2c4nc(cs4)C(=O)NC(COC(=O)c4[nH]c5cccc6c5c4COC2C(O)C(=O)OC6)c2nc-3cs2)n1)C(N)=O. The molecule has 2 aromatic carbocycles. The Morgan fingerprint density at radius 1 is 0.800 bits per heavy atom. The van der Waals surface area contributed by atoms with Crippen LogP contribution in [0.5, 0.6) is 5.75 Å². The summed E-state index contributed by atoms with van der Waals surface area (Å²) in [4.78, 5) is 137. The number of amides is 6. The molecule has 6 unspecified atom stereocenters.